The number of rotatable bonds is 19. The number of esters is 1. The minimum Gasteiger partial charge on any atom is -0.459 e. The average Bonchev–Trinajstić information content (AvgIpc) is 2.62. The average molecular weight is 367 g/mol. The van der Waals surface area contributed by atoms with E-state index in [0.717, 1.165) is 18.8 Å². The number of hydrogen-bond acceptors (Lipinski definition) is 2. The van der Waals surface area contributed by atoms with E-state index in [1.165, 1.54) is 96.0 Å². The van der Waals surface area contributed by atoms with Gasteiger partial charge in [0.15, 0.2) is 0 Å². The Hall–Kier alpha value is -0.790. The molecule has 2 heteroatoms. The largest absolute Gasteiger partial charge is 0.459 e. The van der Waals surface area contributed by atoms with Crippen molar-refractivity contribution in [2.45, 2.75) is 130 Å². The minimum absolute atomic E-state index is 0.0955. The molecule has 0 aliphatic rings. The van der Waals surface area contributed by atoms with Crippen LogP contribution in [0.1, 0.15) is 124 Å². The molecule has 0 heterocycles. The van der Waals surface area contributed by atoms with E-state index in [4.69, 9.17) is 4.74 Å². The number of ether oxygens (including phenoxy) is 1. The van der Waals surface area contributed by atoms with Gasteiger partial charge in [0.05, 0.1) is 0 Å². The van der Waals surface area contributed by atoms with E-state index in [0.29, 0.717) is 0 Å². The van der Waals surface area contributed by atoms with Crippen molar-refractivity contribution in [1.82, 2.24) is 0 Å². The maximum absolute atomic E-state index is 11.5. The zero-order valence-electron chi connectivity index (χ0n) is 18.1. The molecule has 0 aliphatic carbocycles. The third kappa shape index (κ3) is 18.0. The molecule has 154 valence electrons. The summed E-state index contributed by atoms with van der Waals surface area (Å²) < 4.78 is 5.54. The third-order valence-corrected chi connectivity index (χ3v) is 5.14. The highest BCUT2D eigenvalue weighted by Crippen LogP contribution is 2.17. The van der Waals surface area contributed by atoms with Gasteiger partial charge in [-0.1, -0.05) is 104 Å². The predicted molar refractivity (Wildman–Crippen MR) is 114 cm³/mol. The minimum atomic E-state index is -0.259. The van der Waals surface area contributed by atoms with Gasteiger partial charge >= 0.3 is 5.97 Å². The normalized spacial score (nSPS) is 12.3. The highest BCUT2D eigenvalue weighted by atomic mass is 16.5. The van der Waals surface area contributed by atoms with Crippen LogP contribution in [0.25, 0.3) is 0 Å². The van der Waals surface area contributed by atoms with Crippen LogP contribution in [0.15, 0.2) is 12.7 Å². The first kappa shape index (κ1) is 25.2. The topological polar surface area (TPSA) is 26.3 Å². The van der Waals surface area contributed by atoms with E-state index in [-0.39, 0.29) is 12.1 Å². The molecule has 0 aromatic carbocycles. The first-order chi connectivity index (χ1) is 12.6. The molecular weight excluding hydrogens is 320 g/mol. The Labute approximate surface area is 164 Å². The second-order valence-corrected chi connectivity index (χ2v) is 8.27. The van der Waals surface area contributed by atoms with Crippen molar-refractivity contribution in [1.29, 1.82) is 0 Å². The molecule has 0 fully saturated rings. The van der Waals surface area contributed by atoms with Gasteiger partial charge in [-0.25, -0.2) is 4.79 Å². The molecule has 0 N–H and O–H groups in total. The van der Waals surface area contributed by atoms with Crippen molar-refractivity contribution in [2.24, 2.45) is 5.92 Å². The fraction of sp³-hybridized carbons (Fsp3) is 0.875. The van der Waals surface area contributed by atoms with Crippen molar-refractivity contribution < 1.29 is 9.53 Å². The summed E-state index contributed by atoms with van der Waals surface area (Å²) in [7, 11) is 0. The van der Waals surface area contributed by atoms with Gasteiger partial charge in [-0.15, -0.1) is 0 Å². The van der Waals surface area contributed by atoms with E-state index in [1.807, 2.05) is 0 Å². The standard InChI is InChI=1S/C24H46O2/c1-5-7-8-13-17-20-23(26-24(25)6-2)21-18-15-12-10-9-11-14-16-19-22(3)4/h6,22-23H,2,5,7-21H2,1,3-4H3. The van der Waals surface area contributed by atoms with Gasteiger partial charge in [0, 0.05) is 6.08 Å². The lowest BCUT2D eigenvalue weighted by Gasteiger charge is -2.17. The number of hydrogen-bond donors (Lipinski definition) is 0. The molecule has 1 atom stereocenters. The van der Waals surface area contributed by atoms with E-state index in [9.17, 15) is 4.79 Å². The van der Waals surface area contributed by atoms with E-state index < -0.39 is 0 Å². The molecule has 0 rings (SSSR count). The Balaban J connectivity index is 3.68. The molecule has 0 aliphatic heterocycles. The molecular formula is C24H46O2. The van der Waals surface area contributed by atoms with Crippen molar-refractivity contribution in [3.8, 4) is 0 Å². The second-order valence-electron chi connectivity index (χ2n) is 8.27. The Morgan fingerprint density at radius 2 is 1.19 bits per heavy atom. The predicted octanol–water partition coefficient (Wildman–Crippen LogP) is 8.00. The van der Waals surface area contributed by atoms with Crippen LogP contribution in [0.5, 0.6) is 0 Å². The van der Waals surface area contributed by atoms with Crippen LogP contribution in [0.4, 0.5) is 0 Å². The zero-order valence-corrected chi connectivity index (χ0v) is 18.1. The summed E-state index contributed by atoms with van der Waals surface area (Å²) in [6.07, 6.45) is 21.8. The van der Waals surface area contributed by atoms with Gasteiger partial charge in [0.25, 0.3) is 0 Å². The number of carbonyl (C=O) groups excluding carboxylic acids is 1. The summed E-state index contributed by atoms with van der Waals surface area (Å²) in [6.45, 7) is 10.4. The van der Waals surface area contributed by atoms with Gasteiger partial charge in [-0.2, -0.15) is 0 Å². The zero-order chi connectivity index (χ0) is 19.5. The van der Waals surface area contributed by atoms with Crippen molar-refractivity contribution in [3.63, 3.8) is 0 Å². The molecule has 0 bridgehead atoms. The van der Waals surface area contributed by atoms with Crippen LogP contribution in [0, 0.1) is 5.92 Å². The molecule has 0 spiro atoms. The van der Waals surface area contributed by atoms with Crippen LogP contribution in [0.2, 0.25) is 0 Å². The summed E-state index contributed by atoms with van der Waals surface area (Å²) in [6, 6.07) is 0. The van der Waals surface area contributed by atoms with Gasteiger partial charge < -0.3 is 4.74 Å². The van der Waals surface area contributed by atoms with E-state index in [1.54, 1.807) is 0 Å². The van der Waals surface area contributed by atoms with Crippen LogP contribution in [0.3, 0.4) is 0 Å². The van der Waals surface area contributed by atoms with Crippen molar-refractivity contribution in [3.05, 3.63) is 12.7 Å². The molecule has 0 aromatic rings. The Morgan fingerprint density at radius 3 is 1.62 bits per heavy atom. The maximum Gasteiger partial charge on any atom is 0.330 e. The molecule has 0 radical (unpaired) electrons. The summed E-state index contributed by atoms with van der Waals surface area (Å²) >= 11 is 0. The second kappa shape index (κ2) is 19.0. The van der Waals surface area contributed by atoms with Crippen LogP contribution >= 0.6 is 0 Å². The summed E-state index contributed by atoms with van der Waals surface area (Å²) in [4.78, 5) is 11.5. The van der Waals surface area contributed by atoms with Crippen molar-refractivity contribution >= 4 is 5.97 Å². The molecule has 2 nitrogen and oxygen atoms in total. The fourth-order valence-corrected chi connectivity index (χ4v) is 3.44. The summed E-state index contributed by atoms with van der Waals surface area (Å²) in [5.74, 6) is 0.592. The third-order valence-electron chi connectivity index (χ3n) is 5.14. The van der Waals surface area contributed by atoms with E-state index in [2.05, 4.69) is 27.4 Å². The van der Waals surface area contributed by atoms with Gasteiger partial charge in [-0.3, -0.25) is 0 Å². The monoisotopic (exact) mass is 366 g/mol. The molecule has 0 saturated heterocycles. The lowest BCUT2D eigenvalue weighted by atomic mass is 10.0. The lowest BCUT2D eigenvalue weighted by molar-refractivity contribution is -0.143. The van der Waals surface area contributed by atoms with E-state index >= 15 is 0 Å². The molecule has 1 unspecified atom stereocenters. The van der Waals surface area contributed by atoms with Gasteiger partial charge in [0.1, 0.15) is 6.10 Å². The first-order valence-corrected chi connectivity index (χ1v) is 11.4. The Bertz CT molecular complexity index is 322. The first-order valence-electron chi connectivity index (χ1n) is 11.4. The quantitative estimate of drug-likeness (QED) is 0.131. The Kier molecular flexibility index (Phi) is 18.4. The van der Waals surface area contributed by atoms with Gasteiger partial charge in [-0.05, 0) is 31.6 Å². The molecule has 0 amide bonds. The lowest BCUT2D eigenvalue weighted by Crippen LogP contribution is -2.16. The molecule has 26 heavy (non-hydrogen) atoms. The highest BCUT2D eigenvalue weighted by molar-refractivity contribution is 5.81. The van der Waals surface area contributed by atoms with Gasteiger partial charge in [0.2, 0.25) is 0 Å². The smallest absolute Gasteiger partial charge is 0.330 e. The number of carbonyl (C=O) groups is 1. The summed E-state index contributed by atoms with van der Waals surface area (Å²) in [5.41, 5.74) is 0. The Morgan fingerprint density at radius 1 is 0.769 bits per heavy atom. The SMILES string of the molecule is C=CC(=O)OC(CCCCCCC)CCCCCCCCCCC(C)C. The molecule has 0 saturated carbocycles. The fourth-order valence-electron chi connectivity index (χ4n) is 3.44. The number of unbranched alkanes of at least 4 members (excludes halogenated alkanes) is 11. The van der Waals surface area contributed by atoms with Crippen LogP contribution in [-0.2, 0) is 9.53 Å². The van der Waals surface area contributed by atoms with Crippen LogP contribution < -0.4 is 0 Å². The maximum atomic E-state index is 11.5. The molecule has 0 aromatic heterocycles. The highest BCUT2D eigenvalue weighted by Gasteiger charge is 2.12. The summed E-state index contributed by atoms with van der Waals surface area (Å²) in [5, 5.41) is 0. The van der Waals surface area contributed by atoms with Crippen molar-refractivity contribution in [2.75, 3.05) is 0 Å². The van der Waals surface area contributed by atoms with Crippen LogP contribution in [-0.4, -0.2) is 12.1 Å².